The van der Waals surface area contributed by atoms with Crippen molar-refractivity contribution in [3.63, 3.8) is 0 Å². The highest BCUT2D eigenvalue weighted by molar-refractivity contribution is 5.44. The van der Waals surface area contributed by atoms with E-state index in [1.807, 2.05) is 18.2 Å². The van der Waals surface area contributed by atoms with E-state index in [1.165, 1.54) is 0 Å². The van der Waals surface area contributed by atoms with Gasteiger partial charge in [0, 0.05) is 19.1 Å². The van der Waals surface area contributed by atoms with E-state index in [0.717, 1.165) is 42.7 Å². The average Bonchev–Trinajstić information content (AvgIpc) is 2.47. The molecule has 1 N–H and O–H groups in total. The molecule has 3 unspecified atom stereocenters. The first-order valence-corrected chi connectivity index (χ1v) is 7.26. The van der Waals surface area contributed by atoms with E-state index >= 15 is 0 Å². The van der Waals surface area contributed by atoms with Gasteiger partial charge in [0.1, 0.15) is 17.1 Å². The number of rotatable bonds is 2. The van der Waals surface area contributed by atoms with Crippen molar-refractivity contribution in [1.82, 2.24) is 0 Å². The number of ether oxygens (including phenoxy) is 3. The standard InChI is InChI=1S/C16H22O4/c1-18-11-6-7-14-12(9-11)13(17)10-16(20-14)8-4-3-5-15(16)19-2/h6-7,9,13,15,17H,3-5,8,10H2,1-2H3. The summed E-state index contributed by atoms with van der Waals surface area (Å²) in [6, 6.07) is 5.62. The SMILES string of the molecule is COc1ccc2c(c1)C(O)CC1(CCCCC1OC)O2. The molecule has 1 aliphatic carbocycles. The zero-order valence-corrected chi connectivity index (χ0v) is 12.1. The molecule has 4 heteroatoms. The molecule has 1 aliphatic heterocycles. The number of benzene rings is 1. The van der Waals surface area contributed by atoms with Crippen molar-refractivity contribution in [2.75, 3.05) is 14.2 Å². The van der Waals surface area contributed by atoms with E-state index in [-0.39, 0.29) is 11.7 Å². The number of hydrogen-bond donors (Lipinski definition) is 1. The maximum absolute atomic E-state index is 10.5. The average molecular weight is 278 g/mol. The van der Waals surface area contributed by atoms with Crippen LogP contribution in [0.5, 0.6) is 11.5 Å². The molecule has 1 spiro atoms. The van der Waals surface area contributed by atoms with Crippen LogP contribution in [0.2, 0.25) is 0 Å². The fourth-order valence-corrected chi connectivity index (χ4v) is 3.57. The third kappa shape index (κ3) is 2.17. The highest BCUT2D eigenvalue weighted by Gasteiger charge is 2.48. The molecule has 0 bridgehead atoms. The lowest BCUT2D eigenvalue weighted by atomic mass is 9.75. The van der Waals surface area contributed by atoms with Gasteiger partial charge in [-0.25, -0.2) is 0 Å². The van der Waals surface area contributed by atoms with Crippen LogP contribution < -0.4 is 9.47 Å². The van der Waals surface area contributed by atoms with E-state index in [1.54, 1.807) is 14.2 Å². The Labute approximate surface area is 119 Å². The van der Waals surface area contributed by atoms with Crippen molar-refractivity contribution in [1.29, 1.82) is 0 Å². The van der Waals surface area contributed by atoms with Gasteiger partial charge in [0.15, 0.2) is 0 Å². The molecule has 1 saturated carbocycles. The molecule has 2 aliphatic rings. The molecule has 0 amide bonds. The molecule has 1 aromatic rings. The maximum atomic E-state index is 10.5. The molecule has 1 heterocycles. The molecule has 110 valence electrons. The van der Waals surface area contributed by atoms with Gasteiger partial charge in [-0.1, -0.05) is 6.42 Å². The Morgan fingerprint density at radius 3 is 2.90 bits per heavy atom. The Kier molecular flexibility index (Phi) is 3.61. The van der Waals surface area contributed by atoms with Crippen molar-refractivity contribution in [2.24, 2.45) is 0 Å². The van der Waals surface area contributed by atoms with Crippen molar-refractivity contribution in [3.8, 4) is 11.5 Å². The molecule has 0 saturated heterocycles. The lowest BCUT2D eigenvalue weighted by Gasteiger charge is -2.47. The van der Waals surface area contributed by atoms with Gasteiger partial charge in [-0.2, -0.15) is 0 Å². The Hall–Kier alpha value is -1.26. The molecule has 0 radical (unpaired) electrons. The van der Waals surface area contributed by atoms with Gasteiger partial charge in [0.25, 0.3) is 0 Å². The number of methoxy groups -OCH3 is 2. The van der Waals surface area contributed by atoms with Crippen LogP contribution in [0.1, 0.15) is 43.8 Å². The Morgan fingerprint density at radius 2 is 2.15 bits per heavy atom. The zero-order chi connectivity index (χ0) is 14.2. The van der Waals surface area contributed by atoms with Gasteiger partial charge in [0.2, 0.25) is 0 Å². The predicted molar refractivity (Wildman–Crippen MR) is 75.2 cm³/mol. The third-order valence-corrected chi connectivity index (χ3v) is 4.62. The van der Waals surface area contributed by atoms with Crippen molar-refractivity contribution in [2.45, 2.75) is 49.9 Å². The van der Waals surface area contributed by atoms with E-state index in [0.29, 0.717) is 6.42 Å². The summed E-state index contributed by atoms with van der Waals surface area (Å²) in [7, 11) is 3.36. The fraction of sp³-hybridized carbons (Fsp3) is 0.625. The van der Waals surface area contributed by atoms with E-state index in [9.17, 15) is 5.11 Å². The van der Waals surface area contributed by atoms with Gasteiger partial charge in [-0.3, -0.25) is 0 Å². The van der Waals surface area contributed by atoms with Crippen LogP contribution in [0.15, 0.2) is 18.2 Å². The van der Waals surface area contributed by atoms with Crippen LogP contribution in [-0.4, -0.2) is 31.0 Å². The highest BCUT2D eigenvalue weighted by Crippen LogP contribution is 2.47. The minimum atomic E-state index is -0.524. The molecule has 1 aromatic carbocycles. The van der Waals surface area contributed by atoms with Gasteiger partial charge in [-0.15, -0.1) is 0 Å². The summed E-state index contributed by atoms with van der Waals surface area (Å²) >= 11 is 0. The smallest absolute Gasteiger partial charge is 0.138 e. The molecule has 3 rings (SSSR count). The number of aliphatic hydroxyl groups is 1. The molecule has 3 atom stereocenters. The number of hydrogen-bond acceptors (Lipinski definition) is 4. The van der Waals surface area contributed by atoms with Crippen LogP contribution in [-0.2, 0) is 4.74 Å². The summed E-state index contributed by atoms with van der Waals surface area (Å²) in [6.07, 6.45) is 4.34. The summed E-state index contributed by atoms with van der Waals surface area (Å²) in [5.74, 6) is 1.50. The summed E-state index contributed by atoms with van der Waals surface area (Å²) in [4.78, 5) is 0. The lowest BCUT2D eigenvalue weighted by Crippen LogP contribution is -2.53. The van der Waals surface area contributed by atoms with Crippen LogP contribution in [0, 0.1) is 0 Å². The van der Waals surface area contributed by atoms with E-state index < -0.39 is 6.10 Å². The maximum Gasteiger partial charge on any atom is 0.138 e. The molecular formula is C16H22O4. The second-order valence-corrected chi connectivity index (χ2v) is 5.76. The van der Waals surface area contributed by atoms with Gasteiger partial charge in [-0.05, 0) is 37.5 Å². The first kappa shape index (κ1) is 13.7. The normalized spacial score (nSPS) is 32.5. The van der Waals surface area contributed by atoms with Crippen LogP contribution >= 0.6 is 0 Å². The summed E-state index contributed by atoms with van der Waals surface area (Å²) in [6.45, 7) is 0. The van der Waals surface area contributed by atoms with Gasteiger partial charge >= 0.3 is 0 Å². The third-order valence-electron chi connectivity index (χ3n) is 4.62. The quantitative estimate of drug-likeness (QED) is 0.903. The Balaban J connectivity index is 1.95. The molecular weight excluding hydrogens is 256 g/mol. The summed E-state index contributed by atoms with van der Waals surface area (Å²) in [5, 5.41) is 10.5. The first-order valence-electron chi connectivity index (χ1n) is 7.26. The highest BCUT2D eigenvalue weighted by atomic mass is 16.6. The molecule has 4 nitrogen and oxygen atoms in total. The van der Waals surface area contributed by atoms with Crippen LogP contribution in [0.4, 0.5) is 0 Å². The van der Waals surface area contributed by atoms with Crippen LogP contribution in [0.25, 0.3) is 0 Å². The van der Waals surface area contributed by atoms with Crippen LogP contribution in [0.3, 0.4) is 0 Å². The van der Waals surface area contributed by atoms with Crippen molar-refractivity contribution >= 4 is 0 Å². The van der Waals surface area contributed by atoms with E-state index in [2.05, 4.69) is 0 Å². The number of aliphatic hydroxyl groups excluding tert-OH is 1. The summed E-state index contributed by atoms with van der Waals surface area (Å²) < 4.78 is 17.1. The second kappa shape index (κ2) is 5.26. The lowest BCUT2D eigenvalue weighted by molar-refractivity contribution is -0.130. The predicted octanol–water partition coefficient (Wildman–Crippen LogP) is 2.84. The zero-order valence-electron chi connectivity index (χ0n) is 12.1. The largest absolute Gasteiger partial charge is 0.497 e. The van der Waals surface area contributed by atoms with Gasteiger partial charge < -0.3 is 19.3 Å². The number of fused-ring (bicyclic) bond motifs is 1. The molecule has 1 fully saturated rings. The summed E-state index contributed by atoms with van der Waals surface area (Å²) in [5.41, 5.74) is 0.434. The fourth-order valence-electron chi connectivity index (χ4n) is 3.57. The minimum absolute atomic E-state index is 0.0566. The van der Waals surface area contributed by atoms with Crippen molar-refractivity contribution < 1.29 is 19.3 Å². The topological polar surface area (TPSA) is 47.9 Å². The Morgan fingerprint density at radius 1 is 1.30 bits per heavy atom. The monoisotopic (exact) mass is 278 g/mol. The molecule has 20 heavy (non-hydrogen) atoms. The first-order chi connectivity index (χ1) is 9.68. The van der Waals surface area contributed by atoms with Crippen molar-refractivity contribution in [3.05, 3.63) is 23.8 Å². The van der Waals surface area contributed by atoms with E-state index in [4.69, 9.17) is 14.2 Å². The van der Waals surface area contributed by atoms with Gasteiger partial charge in [0.05, 0.1) is 19.3 Å². The second-order valence-electron chi connectivity index (χ2n) is 5.76. The molecule has 0 aromatic heterocycles. The Bertz CT molecular complexity index is 487. The minimum Gasteiger partial charge on any atom is -0.497 e.